The summed E-state index contributed by atoms with van der Waals surface area (Å²) < 4.78 is 30.2. The fraction of sp³-hybridized carbons (Fsp3) is 0.364. The molecule has 2 aliphatic rings. The van der Waals surface area contributed by atoms with Gasteiger partial charge in [-0.1, -0.05) is 23.3 Å². The zero-order chi connectivity index (χ0) is 23.5. The number of para-hydroxylation sites is 1. The highest BCUT2D eigenvalue weighted by molar-refractivity contribution is 7.80. The molecule has 178 valence electrons. The van der Waals surface area contributed by atoms with Crippen molar-refractivity contribution in [3.63, 3.8) is 0 Å². The molecule has 3 aromatic rings. The van der Waals surface area contributed by atoms with Crippen LogP contribution in [0.1, 0.15) is 6.04 Å². The topological polar surface area (TPSA) is 114 Å². The Bertz CT molecular complexity index is 1120. The van der Waals surface area contributed by atoms with Crippen LogP contribution >= 0.6 is 12.2 Å². The molecule has 11 nitrogen and oxygen atoms in total. The Hall–Kier alpha value is -3.48. The molecule has 0 bridgehead atoms. The number of fused-ring (bicyclic) bond motifs is 1. The first kappa shape index (κ1) is 22.3. The standard InChI is InChI=1S/C22H24N6O5S/c1-29-15-8-13(9-16(10-15)30-2)23-21(34)24-17-11-31-20-18(12-32-19(17)20)28-22(25-26-27-28)33-14-6-4-3-5-7-14/h3-10,17-20H,11-12H2,1-2H3,(H2,23,24,34). The summed E-state index contributed by atoms with van der Waals surface area (Å²) in [5, 5.41) is 18.8. The van der Waals surface area contributed by atoms with Crippen LogP contribution in [0.4, 0.5) is 5.69 Å². The first-order chi connectivity index (χ1) is 16.6. The second-order valence-corrected chi connectivity index (χ2v) is 8.20. The van der Waals surface area contributed by atoms with E-state index in [1.54, 1.807) is 25.0 Å². The molecule has 1 aromatic heterocycles. The number of aromatic nitrogens is 4. The normalized spacial score (nSPS) is 23.2. The van der Waals surface area contributed by atoms with Crippen molar-refractivity contribution in [1.82, 2.24) is 25.5 Å². The van der Waals surface area contributed by atoms with Crippen LogP contribution < -0.4 is 24.8 Å². The molecule has 4 unspecified atom stereocenters. The average molecular weight is 485 g/mol. The van der Waals surface area contributed by atoms with E-state index in [1.165, 1.54) is 0 Å². The predicted octanol–water partition coefficient (Wildman–Crippen LogP) is 2.18. The maximum absolute atomic E-state index is 6.07. The van der Waals surface area contributed by atoms with Gasteiger partial charge >= 0.3 is 6.01 Å². The zero-order valence-electron chi connectivity index (χ0n) is 18.6. The monoisotopic (exact) mass is 484 g/mol. The molecule has 0 spiro atoms. The number of nitrogens with one attached hydrogen (secondary N) is 2. The van der Waals surface area contributed by atoms with Gasteiger partial charge in [-0.2, -0.15) is 4.68 Å². The summed E-state index contributed by atoms with van der Waals surface area (Å²) in [7, 11) is 3.19. The molecular formula is C22H24N6O5S. The lowest BCUT2D eigenvalue weighted by atomic mass is 10.1. The molecular weight excluding hydrogens is 460 g/mol. The summed E-state index contributed by atoms with van der Waals surface area (Å²) in [6, 6.07) is 14.7. The summed E-state index contributed by atoms with van der Waals surface area (Å²) in [6.45, 7) is 0.809. The van der Waals surface area contributed by atoms with E-state index in [4.69, 9.17) is 35.9 Å². The quantitative estimate of drug-likeness (QED) is 0.481. The molecule has 4 atom stereocenters. The fourth-order valence-corrected chi connectivity index (χ4v) is 4.35. The fourth-order valence-electron chi connectivity index (χ4n) is 4.08. The number of methoxy groups -OCH3 is 2. The molecule has 2 fully saturated rings. The molecule has 0 amide bonds. The van der Waals surface area contributed by atoms with E-state index in [9.17, 15) is 0 Å². The van der Waals surface area contributed by atoms with Crippen LogP contribution in [0.2, 0.25) is 0 Å². The lowest BCUT2D eigenvalue weighted by molar-refractivity contribution is 0.0615. The predicted molar refractivity (Wildman–Crippen MR) is 126 cm³/mol. The first-order valence-corrected chi connectivity index (χ1v) is 11.1. The molecule has 2 aliphatic heterocycles. The largest absolute Gasteiger partial charge is 0.497 e. The van der Waals surface area contributed by atoms with E-state index in [0.717, 1.165) is 5.69 Å². The number of thiocarbonyl (C=S) groups is 1. The Morgan fingerprint density at radius 3 is 2.47 bits per heavy atom. The number of tetrazole rings is 1. The van der Waals surface area contributed by atoms with E-state index in [-0.39, 0.29) is 30.3 Å². The third kappa shape index (κ3) is 4.60. The number of ether oxygens (including phenoxy) is 5. The van der Waals surface area contributed by atoms with Crippen molar-refractivity contribution >= 4 is 23.0 Å². The summed E-state index contributed by atoms with van der Waals surface area (Å²) in [6.07, 6.45) is -0.475. The van der Waals surface area contributed by atoms with E-state index in [1.807, 2.05) is 42.5 Å². The van der Waals surface area contributed by atoms with Gasteiger partial charge in [-0.15, -0.1) is 0 Å². The first-order valence-electron chi connectivity index (χ1n) is 10.7. The van der Waals surface area contributed by atoms with Gasteiger partial charge in [0.2, 0.25) is 0 Å². The van der Waals surface area contributed by atoms with Crippen LogP contribution in [0.25, 0.3) is 0 Å². The second-order valence-electron chi connectivity index (χ2n) is 7.79. The summed E-state index contributed by atoms with van der Waals surface area (Å²) in [5.74, 6) is 1.96. The van der Waals surface area contributed by atoms with E-state index in [2.05, 4.69) is 26.2 Å². The molecule has 12 heteroatoms. The van der Waals surface area contributed by atoms with Crippen LogP contribution in [0.5, 0.6) is 23.3 Å². The highest BCUT2D eigenvalue weighted by Gasteiger charge is 2.50. The van der Waals surface area contributed by atoms with E-state index < -0.39 is 0 Å². The number of hydrogen-bond donors (Lipinski definition) is 2. The van der Waals surface area contributed by atoms with Gasteiger partial charge in [0.05, 0.1) is 33.5 Å². The van der Waals surface area contributed by atoms with Crippen LogP contribution in [-0.4, -0.2) is 71.0 Å². The maximum Gasteiger partial charge on any atom is 0.341 e. The number of hydrogen-bond acceptors (Lipinski definition) is 9. The highest BCUT2D eigenvalue weighted by atomic mass is 32.1. The van der Waals surface area contributed by atoms with Crippen molar-refractivity contribution in [2.24, 2.45) is 0 Å². The number of benzene rings is 2. The number of nitrogens with zero attached hydrogens (tertiary/aromatic N) is 4. The van der Waals surface area contributed by atoms with Crippen LogP contribution in [0.3, 0.4) is 0 Å². The minimum absolute atomic E-state index is 0.141. The van der Waals surface area contributed by atoms with Gasteiger partial charge in [0.1, 0.15) is 35.5 Å². The third-order valence-electron chi connectivity index (χ3n) is 5.68. The van der Waals surface area contributed by atoms with Crippen LogP contribution in [0.15, 0.2) is 48.5 Å². The van der Waals surface area contributed by atoms with Crippen molar-refractivity contribution in [3.8, 4) is 23.3 Å². The van der Waals surface area contributed by atoms with Crippen molar-refractivity contribution in [3.05, 3.63) is 48.5 Å². The Labute approximate surface area is 201 Å². The Morgan fingerprint density at radius 2 is 1.74 bits per heavy atom. The minimum atomic E-state index is -0.251. The van der Waals surface area contributed by atoms with Crippen molar-refractivity contribution < 1.29 is 23.7 Å². The molecule has 3 heterocycles. The molecule has 2 saturated heterocycles. The van der Waals surface area contributed by atoms with Gasteiger partial charge in [0.15, 0.2) is 5.11 Å². The Morgan fingerprint density at radius 1 is 1.00 bits per heavy atom. The minimum Gasteiger partial charge on any atom is -0.497 e. The van der Waals surface area contributed by atoms with Crippen molar-refractivity contribution in [1.29, 1.82) is 0 Å². The Balaban J connectivity index is 1.23. The smallest absolute Gasteiger partial charge is 0.341 e. The van der Waals surface area contributed by atoms with E-state index >= 15 is 0 Å². The molecule has 0 aliphatic carbocycles. The maximum atomic E-state index is 6.07. The third-order valence-corrected chi connectivity index (χ3v) is 5.90. The molecule has 2 N–H and O–H groups in total. The summed E-state index contributed by atoms with van der Waals surface area (Å²) in [5.41, 5.74) is 0.741. The lowest BCUT2D eigenvalue weighted by Gasteiger charge is -2.20. The van der Waals surface area contributed by atoms with Gasteiger partial charge in [0.25, 0.3) is 0 Å². The molecule has 34 heavy (non-hydrogen) atoms. The average Bonchev–Trinajstić information content (AvgIpc) is 3.57. The molecule has 0 saturated carbocycles. The Kier molecular flexibility index (Phi) is 6.43. The number of anilines is 1. The number of rotatable bonds is 7. The van der Waals surface area contributed by atoms with E-state index in [0.29, 0.717) is 35.6 Å². The molecule has 2 aromatic carbocycles. The molecule has 5 rings (SSSR count). The van der Waals surface area contributed by atoms with Gasteiger partial charge in [-0.05, 0) is 34.8 Å². The van der Waals surface area contributed by atoms with Gasteiger partial charge in [-0.3, -0.25) is 0 Å². The SMILES string of the molecule is COc1cc(NC(=S)NC2COC3C2OCC3n2nnnc2Oc2ccccc2)cc(OC)c1. The summed E-state index contributed by atoms with van der Waals surface area (Å²) >= 11 is 5.52. The van der Waals surface area contributed by atoms with Gasteiger partial charge < -0.3 is 34.3 Å². The summed E-state index contributed by atoms with van der Waals surface area (Å²) in [4.78, 5) is 0. The van der Waals surface area contributed by atoms with Gasteiger partial charge in [-0.25, -0.2) is 0 Å². The van der Waals surface area contributed by atoms with Crippen molar-refractivity contribution in [2.45, 2.75) is 24.3 Å². The second kappa shape index (κ2) is 9.79. The highest BCUT2D eigenvalue weighted by Crippen LogP contribution is 2.36. The lowest BCUT2D eigenvalue weighted by Crippen LogP contribution is -2.45. The van der Waals surface area contributed by atoms with Crippen molar-refractivity contribution in [2.75, 3.05) is 32.8 Å². The van der Waals surface area contributed by atoms with Gasteiger partial charge in [0, 0.05) is 23.9 Å². The molecule has 0 radical (unpaired) electrons. The van der Waals surface area contributed by atoms with Crippen LogP contribution in [0, 0.1) is 0 Å². The van der Waals surface area contributed by atoms with Crippen LogP contribution in [-0.2, 0) is 9.47 Å². The zero-order valence-corrected chi connectivity index (χ0v) is 19.4.